The first-order valence-corrected chi connectivity index (χ1v) is 13.1. The number of carbonyl (C=O) groups excluding carboxylic acids is 2. The maximum absolute atomic E-state index is 14.0. The Morgan fingerprint density at radius 3 is 2.62 bits per heavy atom. The van der Waals surface area contributed by atoms with E-state index in [1.54, 1.807) is 13.2 Å². The number of pyridine rings is 1. The molecule has 2 amide bonds. The van der Waals surface area contributed by atoms with Crippen molar-refractivity contribution in [2.24, 2.45) is 5.92 Å². The van der Waals surface area contributed by atoms with Crippen LogP contribution in [0, 0.1) is 19.8 Å². The first-order valence-electron chi connectivity index (χ1n) is 13.1. The molecule has 2 atom stereocenters. The molecule has 0 bridgehead atoms. The van der Waals surface area contributed by atoms with E-state index >= 15 is 0 Å². The number of carbonyl (C=O) groups is 2. The predicted molar refractivity (Wildman–Crippen MR) is 142 cm³/mol. The Labute approximate surface area is 229 Å². The van der Waals surface area contributed by atoms with E-state index in [0.29, 0.717) is 31.9 Å². The van der Waals surface area contributed by atoms with Crippen LogP contribution < -0.4 is 20.0 Å². The van der Waals surface area contributed by atoms with Crippen LogP contribution in [0.5, 0.6) is 0 Å². The summed E-state index contributed by atoms with van der Waals surface area (Å²) < 4.78 is 40.9. The quantitative estimate of drug-likeness (QED) is 0.533. The zero-order valence-electron chi connectivity index (χ0n) is 22.3. The number of fused-ring (bicyclic) bond motifs is 3. The summed E-state index contributed by atoms with van der Waals surface area (Å²) in [4.78, 5) is 45.8. The van der Waals surface area contributed by atoms with Crippen molar-refractivity contribution in [1.29, 1.82) is 0 Å². The minimum atomic E-state index is -4.62. The van der Waals surface area contributed by atoms with Gasteiger partial charge in [0.25, 0.3) is 0 Å². The van der Waals surface area contributed by atoms with Gasteiger partial charge in [0.15, 0.2) is 0 Å². The predicted octanol–water partition coefficient (Wildman–Crippen LogP) is 3.52. The molecule has 1 aromatic carbocycles. The Hall–Kier alpha value is -4.06. The summed E-state index contributed by atoms with van der Waals surface area (Å²) in [5.41, 5.74) is 4.20. The molecule has 3 aromatic rings. The third-order valence-electron chi connectivity index (χ3n) is 7.80. The van der Waals surface area contributed by atoms with Crippen LogP contribution in [0.1, 0.15) is 40.3 Å². The lowest BCUT2D eigenvalue weighted by Gasteiger charge is -2.39. The number of nitrogens with zero attached hydrogens (tertiary/aromatic N) is 6. The summed E-state index contributed by atoms with van der Waals surface area (Å²) in [6, 6.07) is 6.41. The van der Waals surface area contributed by atoms with Crippen molar-refractivity contribution >= 4 is 29.0 Å². The lowest BCUT2D eigenvalue weighted by molar-refractivity contribution is -0.137. The van der Waals surface area contributed by atoms with Crippen molar-refractivity contribution in [1.82, 2.24) is 20.3 Å². The van der Waals surface area contributed by atoms with E-state index in [4.69, 9.17) is 4.98 Å². The maximum atomic E-state index is 14.0. The molecule has 208 valence electrons. The first kappa shape index (κ1) is 26.2. The third kappa shape index (κ3) is 4.45. The largest absolute Gasteiger partial charge is 0.416 e. The Morgan fingerprint density at radius 1 is 1.07 bits per heavy atom. The number of para-hydroxylation sites is 1. The monoisotopic (exact) mass is 551 g/mol. The van der Waals surface area contributed by atoms with Crippen molar-refractivity contribution in [2.75, 3.05) is 28.3 Å². The van der Waals surface area contributed by atoms with Gasteiger partial charge in [0.2, 0.25) is 11.8 Å². The molecular formula is C28H28F3N7O2. The molecule has 40 heavy (non-hydrogen) atoms. The fraction of sp³-hybridized carbons (Fsp3) is 0.393. The second-order valence-electron chi connectivity index (χ2n) is 10.6. The van der Waals surface area contributed by atoms with Gasteiger partial charge in [-0.1, -0.05) is 12.1 Å². The van der Waals surface area contributed by atoms with Crippen molar-refractivity contribution in [2.45, 2.75) is 52.1 Å². The highest BCUT2D eigenvalue weighted by molar-refractivity contribution is 6.10. The van der Waals surface area contributed by atoms with E-state index in [1.807, 2.05) is 25.1 Å². The highest BCUT2D eigenvalue weighted by Gasteiger charge is 2.49. The second kappa shape index (κ2) is 9.54. The zero-order valence-corrected chi connectivity index (χ0v) is 22.3. The molecule has 0 spiro atoms. The summed E-state index contributed by atoms with van der Waals surface area (Å²) in [6.45, 7) is 5.42. The van der Waals surface area contributed by atoms with Crippen molar-refractivity contribution in [3.05, 3.63) is 70.4 Å². The molecule has 1 saturated heterocycles. The second-order valence-corrected chi connectivity index (χ2v) is 10.6. The van der Waals surface area contributed by atoms with Crippen LogP contribution in [0.2, 0.25) is 0 Å². The van der Waals surface area contributed by atoms with Gasteiger partial charge in [0, 0.05) is 44.7 Å². The molecule has 0 radical (unpaired) electrons. The Balaban J connectivity index is 1.43. The van der Waals surface area contributed by atoms with Crippen LogP contribution in [0.25, 0.3) is 0 Å². The van der Waals surface area contributed by atoms with Gasteiger partial charge in [0.1, 0.15) is 11.9 Å². The van der Waals surface area contributed by atoms with Gasteiger partial charge in [-0.3, -0.25) is 24.5 Å². The number of aryl methyl sites for hydroxylation is 2. The molecule has 9 nitrogen and oxygen atoms in total. The van der Waals surface area contributed by atoms with E-state index in [-0.39, 0.29) is 23.8 Å². The number of amides is 2. The van der Waals surface area contributed by atoms with E-state index < -0.39 is 29.6 Å². The van der Waals surface area contributed by atoms with E-state index in [9.17, 15) is 22.8 Å². The molecular weight excluding hydrogens is 523 g/mol. The minimum absolute atomic E-state index is 0.00127. The molecule has 0 aliphatic carbocycles. The molecule has 3 aliphatic rings. The lowest BCUT2D eigenvalue weighted by atomic mass is 9.95. The number of alkyl halides is 3. The fourth-order valence-electron chi connectivity index (χ4n) is 6.00. The van der Waals surface area contributed by atoms with Crippen LogP contribution in [0.4, 0.5) is 30.4 Å². The summed E-state index contributed by atoms with van der Waals surface area (Å²) in [5.74, 6) is -1.47. The van der Waals surface area contributed by atoms with Crippen LogP contribution in [0.15, 0.2) is 36.5 Å². The summed E-state index contributed by atoms with van der Waals surface area (Å²) in [5, 5.41) is 3.24. The number of nitrogens with one attached hydrogen (secondary N) is 1. The summed E-state index contributed by atoms with van der Waals surface area (Å²) >= 11 is 0. The number of hydrogen-bond acceptors (Lipinski definition) is 7. The molecule has 12 heteroatoms. The normalized spacial score (nSPS) is 20.8. The van der Waals surface area contributed by atoms with Crippen molar-refractivity contribution in [3.63, 3.8) is 0 Å². The smallest absolute Gasteiger partial charge is 0.363 e. The van der Waals surface area contributed by atoms with Gasteiger partial charge in [-0.2, -0.15) is 13.2 Å². The SMILES string of the molecule is Cc1cc(C(F)(F)F)cc(N2C(=O)C[C@@H]3CN(Cc4cnc5c(n4)CNC5)c4c(C)cccc4N(C)C(=O)[C@H]32)n1. The van der Waals surface area contributed by atoms with Crippen molar-refractivity contribution in [3.8, 4) is 0 Å². The zero-order chi connectivity index (χ0) is 28.3. The molecule has 5 heterocycles. The highest BCUT2D eigenvalue weighted by atomic mass is 19.4. The standard InChI is InChI=1S/C28H28F3N7O2/c1-15-5-4-6-22-25(15)37(14-19-10-33-20-11-32-12-21(20)35-19)13-17-8-24(39)38(26(17)27(40)36(22)3)23-9-18(28(29,30)31)7-16(2)34-23/h4-7,9-10,17,26,32H,8,11-14H2,1-3H3/t17-,26+/m1/s1. The fourth-order valence-corrected chi connectivity index (χ4v) is 6.00. The topological polar surface area (TPSA) is 94.6 Å². The Kier molecular flexibility index (Phi) is 6.25. The van der Waals surface area contributed by atoms with Crippen molar-refractivity contribution < 1.29 is 22.8 Å². The average molecular weight is 552 g/mol. The van der Waals surface area contributed by atoms with Crippen LogP contribution in [0.3, 0.4) is 0 Å². The average Bonchev–Trinajstić information content (AvgIpc) is 3.49. The van der Waals surface area contributed by atoms with Gasteiger partial charge in [0.05, 0.1) is 46.8 Å². The van der Waals surface area contributed by atoms with E-state index in [0.717, 1.165) is 45.4 Å². The van der Waals surface area contributed by atoms with Crippen LogP contribution in [-0.4, -0.2) is 46.4 Å². The Morgan fingerprint density at radius 2 is 1.85 bits per heavy atom. The van der Waals surface area contributed by atoms with Crippen LogP contribution >= 0.6 is 0 Å². The number of hydrogen-bond donors (Lipinski definition) is 1. The van der Waals surface area contributed by atoms with Gasteiger partial charge in [-0.05, 0) is 37.6 Å². The highest BCUT2D eigenvalue weighted by Crippen LogP contribution is 2.42. The molecule has 0 unspecified atom stereocenters. The number of aromatic nitrogens is 3. The molecule has 6 rings (SSSR count). The van der Waals surface area contributed by atoms with Gasteiger partial charge >= 0.3 is 6.18 Å². The summed E-state index contributed by atoms with van der Waals surface area (Å²) in [7, 11) is 1.63. The maximum Gasteiger partial charge on any atom is 0.416 e. The number of anilines is 3. The van der Waals surface area contributed by atoms with E-state index in [1.165, 1.54) is 11.8 Å². The molecule has 2 aromatic heterocycles. The number of likely N-dealkylation sites (N-methyl/N-ethyl adjacent to an activating group) is 1. The number of rotatable bonds is 3. The lowest BCUT2D eigenvalue weighted by Crippen LogP contribution is -2.52. The van der Waals surface area contributed by atoms with Crippen LogP contribution in [-0.2, 0) is 35.4 Å². The van der Waals surface area contributed by atoms with Gasteiger partial charge in [-0.15, -0.1) is 0 Å². The Bertz CT molecular complexity index is 1530. The number of halogens is 3. The van der Waals surface area contributed by atoms with Gasteiger partial charge < -0.3 is 15.1 Å². The molecule has 1 fully saturated rings. The first-order chi connectivity index (χ1) is 19.0. The number of benzene rings is 1. The molecule has 3 aliphatic heterocycles. The van der Waals surface area contributed by atoms with Gasteiger partial charge in [-0.25, -0.2) is 4.98 Å². The molecule has 0 saturated carbocycles. The summed E-state index contributed by atoms with van der Waals surface area (Å²) in [6.07, 6.45) is -2.87. The third-order valence-corrected chi connectivity index (χ3v) is 7.80. The molecule has 1 N–H and O–H groups in total. The minimum Gasteiger partial charge on any atom is -0.363 e. The van der Waals surface area contributed by atoms with E-state index in [2.05, 4.69) is 20.2 Å².